The van der Waals surface area contributed by atoms with Crippen molar-refractivity contribution in [2.24, 2.45) is 23.2 Å². The second kappa shape index (κ2) is 6.03. The van der Waals surface area contributed by atoms with Gasteiger partial charge in [0, 0.05) is 6.54 Å². The maximum Gasteiger partial charge on any atom is 0.275 e. The number of rotatable bonds is 4. The maximum absolute atomic E-state index is 12.4. The third-order valence-corrected chi connectivity index (χ3v) is 6.85. The average Bonchev–Trinajstić information content (AvgIpc) is 2.42. The van der Waals surface area contributed by atoms with E-state index in [0.29, 0.717) is 12.0 Å². The van der Waals surface area contributed by atoms with Crippen LogP contribution in [0.5, 0.6) is 0 Å². The number of morpholine rings is 1. The molecule has 5 rings (SSSR count). The van der Waals surface area contributed by atoms with Crippen LogP contribution in [0.4, 0.5) is 0 Å². The first-order chi connectivity index (χ1) is 11.0. The predicted molar refractivity (Wildman–Crippen MR) is 89.2 cm³/mol. The number of ether oxygens (including phenoxy) is 1. The monoisotopic (exact) mass is 321 g/mol. The van der Waals surface area contributed by atoms with Gasteiger partial charge in [0.25, 0.3) is 5.91 Å². The molecule has 130 valence electrons. The molecule has 4 nitrogen and oxygen atoms in total. The fraction of sp³-hybridized carbons (Fsp3) is 0.947. The third kappa shape index (κ3) is 3.43. The summed E-state index contributed by atoms with van der Waals surface area (Å²) in [5, 5.41) is 3.32. The Bertz CT molecular complexity index is 419. The van der Waals surface area contributed by atoms with E-state index in [0.717, 1.165) is 37.4 Å². The van der Waals surface area contributed by atoms with Crippen molar-refractivity contribution in [1.29, 1.82) is 0 Å². The molecule has 5 fully saturated rings. The third-order valence-electron chi connectivity index (χ3n) is 6.85. The maximum atomic E-state index is 12.4. The van der Waals surface area contributed by atoms with Crippen LogP contribution in [0.3, 0.4) is 0 Å². The van der Waals surface area contributed by atoms with Crippen molar-refractivity contribution in [3.63, 3.8) is 0 Å². The lowest BCUT2D eigenvalue weighted by Crippen LogP contribution is -3.16. The second-order valence-electron chi connectivity index (χ2n) is 9.29. The Kier molecular flexibility index (Phi) is 4.17. The van der Waals surface area contributed by atoms with Crippen LogP contribution in [0.25, 0.3) is 0 Å². The van der Waals surface area contributed by atoms with E-state index in [-0.39, 0.29) is 18.1 Å². The van der Waals surface area contributed by atoms with Crippen LogP contribution in [-0.2, 0) is 9.53 Å². The summed E-state index contributed by atoms with van der Waals surface area (Å²) in [5.74, 6) is 3.14. The molecule has 4 aliphatic carbocycles. The topological polar surface area (TPSA) is 42.8 Å². The van der Waals surface area contributed by atoms with Crippen LogP contribution < -0.4 is 10.2 Å². The fourth-order valence-electron chi connectivity index (χ4n) is 6.62. The summed E-state index contributed by atoms with van der Waals surface area (Å²) < 4.78 is 5.77. The number of amides is 1. The highest BCUT2D eigenvalue weighted by Crippen LogP contribution is 2.59. The van der Waals surface area contributed by atoms with Crippen LogP contribution in [0.15, 0.2) is 0 Å². The molecule has 0 aromatic carbocycles. The molecule has 0 spiro atoms. The van der Waals surface area contributed by atoms with Gasteiger partial charge in [0.1, 0.15) is 25.3 Å². The molecular formula is C19H33N2O2+. The molecule has 4 bridgehead atoms. The Morgan fingerprint density at radius 2 is 1.57 bits per heavy atom. The van der Waals surface area contributed by atoms with Gasteiger partial charge in [0.15, 0.2) is 6.54 Å². The summed E-state index contributed by atoms with van der Waals surface area (Å²) in [6.45, 7) is 7.69. The minimum atomic E-state index is 0.247. The lowest BCUT2D eigenvalue weighted by Gasteiger charge is -2.56. The van der Waals surface area contributed by atoms with E-state index < -0.39 is 0 Å². The quantitative estimate of drug-likeness (QED) is 0.812. The average molecular weight is 321 g/mol. The molecule has 2 atom stereocenters. The Morgan fingerprint density at radius 1 is 1.04 bits per heavy atom. The first-order valence-electron chi connectivity index (χ1n) is 9.75. The largest absolute Gasteiger partial charge is 0.364 e. The van der Waals surface area contributed by atoms with Gasteiger partial charge in [-0.05, 0) is 75.5 Å². The number of hydrogen-bond donors (Lipinski definition) is 2. The van der Waals surface area contributed by atoms with Gasteiger partial charge in [0.2, 0.25) is 0 Å². The summed E-state index contributed by atoms with van der Waals surface area (Å²) in [6.07, 6.45) is 9.07. The van der Waals surface area contributed by atoms with Gasteiger partial charge in [-0.15, -0.1) is 0 Å². The Morgan fingerprint density at radius 3 is 2.09 bits per heavy atom. The van der Waals surface area contributed by atoms with Gasteiger partial charge in [-0.1, -0.05) is 0 Å². The van der Waals surface area contributed by atoms with E-state index in [1.807, 2.05) is 0 Å². The van der Waals surface area contributed by atoms with Crippen molar-refractivity contribution in [1.82, 2.24) is 5.32 Å². The number of quaternary nitrogens is 1. The molecule has 1 aliphatic heterocycles. The molecular weight excluding hydrogens is 288 g/mol. The molecule has 0 aromatic rings. The van der Waals surface area contributed by atoms with Crippen LogP contribution >= 0.6 is 0 Å². The highest BCUT2D eigenvalue weighted by Gasteiger charge is 2.50. The zero-order valence-electron chi connectivity index (χ0n) is 14.8. The van der Waals surface area contributed by atoms with Gasteiger partial charge in [-0.25, -0.2) is 0 Å². The second-order valence-corrected chi connectivity index (χ2v) is 9.29. The van der Waals surface area contributed by atoms with E-state index >= 15 is 0 Å². The Hall–Kier alpha value is -0.610. The zero-order chi connectivity index (χ0) is 16.0. The molecule has 0 radical (unpaired) electrons. The summed E-state index contributed by atoms with van der Waals surface area (Å²) in [4.78, 5) is 13.8. The van der Waals surface area contributed by atoms with Crippen molar-refractivity contribution in [2.45, 2.75) is 64.6 Å². The van der Waals surface area contributed by atoms with Gasteiger partial charge >= 0.3 is 0 Å². The SMILES string of the molecule is C[C@H]1C[NH+](CC(=O)NCC23CC4CC(CC(C4)C2)C3)C[C@H](C)O1. The van der Waals surface area contributed by atoms with Gasteiger partial charge in [-0.3, -0.25) is 4.79 Å². The molecule has 4 saturated carbocycles. The number of carbonyl (C=O) groups is 1. The van der Waals surface area contributed by atoms with E-state index in [9.17, 15) is 4.79 Å². The first kappa shape index (κ1) is 15.9. The van der Waals surface area contributed by atoms with Crippen LogP contribution in [0, 0.1) is 23.2 Å². The lowest BCUT2D eigenvalue weighted by atomic mass is 9.49. The number of nitrogens with one attached hydrogen (secondary N) is 2. The molecule has 4 heteroatoms. The highest BCUT2D eigenvalue weighted by molar-refractivity contribution is 5.76. The van der Waals surface area contributed by atoms with E-state index in [4.69, 9.17) is 4.74 Å². The lowest BCUT2D eigenvalue weighted by molar-refractivity contribution is -0.907. The van der Waals surface area contributed by atoms with Crippen molar-refractivity contribution in [3.05, 3.63) is 0 Å². The minimum Gasteiger partial charge on any atom is -0.364 e. The van der Waals surface area contributed by atoms with Crippen molar-refractivity contribution in [2.75, 3.05) is 26.2 Å². The van der Waals surface area contributed by atoms with Crippen LogP contribution in [0.2, 0.25) is 0 Å². The summed E-state index contributed by atoms with van der Waals surface area (Å²) in [5.41, 5.74) is 0.450. The van der Waals surface area contributed by atoms with Gasteiger partial charge in [0.05, 0.1) is 0 Å². The molecule has 0 aromatic heterocycles. The molecule has 23 heavy (non-hydrogen) atoms. The molecule has 2 N–H and O–H groups in total. The summed E-state index contributed by atoms with van der Waals surface area (Å²) in [7, 11) is 0. The zero-order valence-corrected chi connectivity index (χ0v) is 14.8. The first-order valence-corrected chi connectivity index (χ1v) is 9.75. The van der Waals surface area contributed by atoms with Crippen LogP contribution in [0.1, 0.15) is 52.4 Å². The van der Waals surface area contributed by atoms with E-state index in [2.05, 4.69) is 19.2 Å². The van der Waals surface area contributed by atoms with Gasteiger partial charge < -0.3 is 15.0 Å². The highest BCUT2D eigenvalue weighted by atomic mass is 16.5. The Balaban J connectivity index is 1.28. The number of carbonyl (C=O) groups excluding carboxylic acids is 1. The smallest absolute Gasteiger partial charge is 0.275 e. The molecule has 5 aliphatic rings. The number of hydrogen-bond acceptors (Lipinski definition) is 2. The van der Waals surface area contributed by atoms with Gasteiger partial charge in [-0.2, -0.15) is 0 Å². The fourth-order valence-corrected chi connectivity index (χ4v) is 6.62. The molecule has 1 heterocycles. The van der Waals surface area contributed by atoms with E-state index in [1.165, 1.54) is 43.4 Å². The minimum absolute atomic E-state index is 0.247. The molecule has 0 unspecified atom stereocenters. The standard InChI is InChI=1S/C19H32N2O2/c1-13-9-21(10-14(2)23-13)11-18(22)20-12-19-6-15-3-16(7-19)5-17(4-15)8-19/h13-17H,3-12H2,1-2H3,(H,20,22)/p+1/t13-,14-,15?,16?,17?,19?/m0/s1. The van der Waals surface area contributed by atoms with Crippen LogP contribution in [-0.4, -0.2) is 44.3 Å². The van der Waals surface area contributed by atoms with Crippen molar-refractivity contribution >= 4 is 5.91 Å². The van der Waals surface area contributed by atoms with Crippen molar-refractivity contribution in [3.8, 4) is 0 Å². The summed E-state index contributed by atoms with van der Waals surface area (Å²) in [6, 6.07) is 0. The summed E-state index contributed by atoms with van der Waals surface area (Å²) >= 11 is 0. The van der Waals surface area contributed by atoms with Crippen molar-refractivity contribution < 1.29 is 14.4 Å². The normalized spacial score (nSPS) is 48.4. The molecule has 1 amide bonds. The Labute approximate surface area is 140 Å². The predicted octanol–water partition coefficient (Wildman–Crippen LogP) is 1.01. The van der Waals surface area contributed by atoms with E-state index in [1.54, 1.807) is 0 Å². The molecule has 1 saturated heterocycles.